The first kappa shape index (κ1) is 14.6. The topological polar surface area (TPSA) is 80.0 Å². The fourth-order valence-electron chi connectivity index (χ4n) is 2.46. The number of methoxy groups -OCH3 is 1. The maximum atomic E-state index is 12.3. The second kappa shape index (κ2) is 5.66. The molecule has 2 heterocycles. The summed E-state index contributed by atoms with van der Waals surface area (Å²) in [7, 11) is 1.55. The van der Waals surface area contributed by atoms with Crippen LogP contribution in [0.15, 0.2) is 16.5 Å². The number of likely N-dealkylation sites (tertiary alicyclic amines) is 1. The van der Waals surface area contributed by atoms with Crippen LogP contribution in [0.4, 0.5) is 0 Å². The van der Waals surface area contributed by atoms with Gasteiger partial charge in [0.25, 0.3) is 5.91 Å². The summed E-state index contributed by atoms with van der Waals surface area (Å²) in [6, 6.07) is 3.29. The average molecular weight is 281 g/mol. The summed E-state index contributed by atoms with van der Waals surface area (Å²) >= 11 is 0. The Morgan fingerprint density at radius 2 is 2.25 bits per heavy atom. The van der Waals surface area contributed by atoms with Gasteiger partial charge < -0.3 is 19.2 Å². The molecular weight excluding hydrogens is 262 g/mol. The summed E-state index contributed by atoms with van der Waals surface area (Å²) in [6.45, 7) is 2.75. The predicted octanol–water partition coefficient (Wildman–Crippen LogP) is 1.75. The van der Waals surface area contributed by atoms with Crippen LogP contribution in [-0.2, 0) is 16.1 Å². The van der Waals surface area contributed by atoms with Crippen LogP contribution in [0.5, 0.6) is 0 Å². The zero-order valence-corrected chi connectivity index (χ0v) is 11.7. The van der Waals surface area contributed by atoms with E-state index >= 15 is 0 Å². The third-order valence-electron chi connectivity index (χ3n) is 3.66. The summed E-state index contributed by atoms with van der Waals surface area (Å²) < 4.78 is 10.3. The van der Waals surface area contributed by atoms with Gasteiger partial charge in [0.05, 0.1) is 5.41 Å². The van der Waals surface area contributed by atoms with E-state index in [9.17, 15) is 14.7 Å². The predicted molar refractivity (Wildman–Crippen MR) is 70.3 cm³/mol. The van der Waals surface area contributed by atoms with Gasteiger partial charge in [0, 0.05) is 20.2 Å². The van der Waals surface area contributed by atoms with Crippen molar-refractivity contribution >= 4 is 11.9 Å². The van der Waals surface area contributed by atoms with Crippen LogP contribution < -0.4 is 0 Å². The van der Waals surface area contributed by atoms with Crippen molar-refractivity contribution in [3.05, 3.63) is 23.7 Å². The first-order valence-corrected chi connectivity index (χ1v) is 6.56. The number of carbonyl (C=O) groups excluding carboxylic acids is 1. The Morgan fingerprint density at radius 1 is 1.50 bits per heavy atom. The van der Waals surface area contributed by atoms with E-state index in [1.807, 2.05) is 0 Å². The number of carbonyl (C=O) groups is 2. The maximum absolute atomic E-state index is 12.3. The van der Waals surface area contributed by atoms with Crippen LogP contribution in [0.2, 0.25) is 0 Å². The van der Waals surface area contributed by atoms with Crippen molar-refractivity contribution in [1.29, 1.82) is 0 Å². The zero-order chi connectivity index (χ0) is 14.8. The van der Waals surface area contributed by atoms with Gasteiger partial charge in [-0.25, -0.2) is 0 Å². The highest BCUT2D eigenvalue weighted by molar-refractivity contribution is 5.92. The molecule has 1 aliphatic rings. The number of carboxylic acids is 1. The Bertz CT molecular complexity index is 509. The first-order valence-electron chi connectivity index (χ1n) is 6.56. The molecule has 6 nitrogen and oxygen atoms in total. The Kier molecular flexibility index (Phi) is 4.13. The minimum atomic E-state index is -0.879. The molecule has 1 atom stereocenters. The van der Waals surface area contributed by atoms with Gasteiger partial charge in [-0.15, -0.1) is 0 Å². The summed E-state index contributed by atoms with van der Waals surface area (Å²) in [6.07, 6.45) is 1.26. The van der Waals surface area contributed by atoms with Gasteiger partial charge in [0.1, 0.15) is 12.4 Å². The molecule has 0 aliphatic carbocycles. The number of hydrogen-bond acceptors (Lipinski definition) is 4. The lowest BCUT2D eigenvalue weighted by atomic mass is 9.82. The molecule has 110 valence electrons. The second-order valence-corrected chi connectivity index (χ2v) is 5.40. The van der Waals surface area contributed by atoms with E-state index in [2.05, 4.69) is 0 Å². The fourth-order valence-corrected chi connectivity index (χ4v) is 2.46. The SMILES string of the molecule is COCc1ccc(C(=O)N2CCCC(C)(C(=O)O)C2)o1. The van der Waals surface area contributed by atoms with Crippen molar-refractivity contribution < 1.29 is 23.8 Å². The van der Waals surface area contributed by atoms with Crippen molar-refractivity contribution in [3.63, 3.8) is 0 Å². The molecule has 0 aromatic carbocycles. The Hall–Kier alpha value is -1.82. The summed E-state index contributed by atoms with van der Waals surface area (Å²) in [4.78, 5) is 25.2. The highest BCUT2D eigenvalue weighted by Crippen LogP contribution is 2.30. The zero-order valence-electron chi connectivity index (χ0n) is 11.7. The summed E-state index contributed by atoms with van der Waals surface area (Å²) in [5.41, 5.74) is -0.879. The van der Waals surface area contributed by atoms with Crippen LogP contribution in [0, 0.1) is 5.41 Å². The molecule has 0 bridgehead atoms. The van der Waals surface area contributed by atoms with Gasteiger partial charge in [0.2, 0.25) is 0 Å². The molecule has 20 heavy (non-hydrogen) atoms. The molecule has 6 heteroatoms. The van der Waals surface area contributed by atoms with Crippen molar-refractivity contribution in [2.24, 2.45) is 5.41 Å². The smallest absolute Gasteiger partial charge is 0.311 e. The fraction of sp³-hybridized carbons (Fsp3) is 0.571. The Morgan fingerprint density at radius 3 is 2.90 bits per heavy atom. The van der Waals surface area contributed by atoms with Crippen LogP contribution >= 0.6 is 0 Å². The standard InChI is InChI=1S/C14H19NO5/c1-14(13(17)18)6-3-7-15(9-14)12(16)11-5-4-10(20-11)8-19-2/h4-5H,3,6-9H2,1-2H3,(H,17,18). The van der Waals surface area contributed by atoms with Gasteiger partial charge in [-0.1, -0.05) is 0 Å². The highest BCUT2D eigenvalue weighted by Gasteiger charge is 2.40. The lowest BCUT2D eigenvalue weighted by Crippen LogP contribution is -2.48. The van der Waals surface area contributed by atoms with E-state index in [4.69, 9.17) is 9.15 Å². The van der Waals surface area contributed by atoms with Crippen molar-refractivity contribution in [1.82, 2.24) is 4.90 Å². The van der Waals surface area contributed by atoms with E-state index in [1.54, 1.807) is 31.1 Å². The minimum Gasteiger partial charge on any atom is -0.481 e. The van der Waals surface area contributed by atoms with Crippen LogP contribution in [-0.4, -0.2) is 42.1 Å². The number of furan rings is 1. The van der Waals surface area contributed by atoms with Gasteiger partial charge in [-0.3, -0.25) is 9.59 Å². The largest absolute Gasteiger partial charge is 0.481 e. The molecule has 0 radical (unpaired) electrons. The normalized spacial score (nSPS) is 22.8. The molecular formula is C14H19NO5. The van der Waals surface area contributed by atoms with Crippen molar-refractivity contribution in [2.45, 2.75) is 26.4 Å². The minimum absolute atomic E-state index is 0.210. The highest BCUT2D eigenvalue weighted by atomic mass is 16.5. The Balaban J connectivity index is 2.10. The van der Waals surface area contributed by atoms with E-state index in [0.29, 0.717) is 31.8 Å². The number of carboxylic acid groups (broad SMARTS) is 1. The molecule has 0 spiro atoms. The van der Waals surface area contributed by atoms with Gasteiger partial charge >= 0.3 is 5.97 Å². The molecule has 1 N–H and O–H groups in total. The Labute approximate surface area is 117 Å². The first-order chi connectivity index (χ1) is 9.46. The summed E-state index contributed by atoms with van der Waals surface area (Å²) in [5.74, 6) is -0.324. The van der Waals surface area contributed by atoms with E-state index in [0.717, 1.165) is 0 Å². The number of ether oxygens (including phenoxy) is 1. The number of rotatable bonds is 4. The van der Waals surface area contributed by atoms with E-state index < -0.39 is 11.4 Å². The third-order valence-corrected chi connectivity index (χ3v) is 3.66. The van der Waals surface area contributed by atoms with E-state index in [-0.39, 0.29) is 18.2 Å². The molecule has 1 fully saturated rings. The van der Waals surface area contributed by atoms with Crippen molar-refractivity contribution in [3.8, 4) is 0 Å². The van der Waals surface area contributed by atoms with Crippen LogP contribution in [0.25, 0.3) is 0 Å². The number of amides is 1. The monoisotopic (exact) mass is 281 g/mol. The molecule has 1 unspecified atom stereocenters. The molecule has 1 aromatic heterocycles. The van der Waals surface area contributed by atoms with Crippen LogP contribution in [0.3, 0.4) is 0 Å². The number of piperidine rings is 1. The van der Waals surface area contributed by atoms with Crippen molar-refractivity contribution in [2.75, 3.05) is 20.2 Å². The second-order valence-electron chi connectivity index (χ2n) is 5.40. The number of nitrogens with zero attached hydrogens (tertiary/aromatic N) is 1. The van der Waals surface area contributed by atoms with E-state index in [1.165, 1.54) is 0 Å². The average Bonchev–Trinajstić information content (AvgIpc) is 2.87. The van der Waals surface area contributed by atoms with Gasteiger partial charge in [-0.2, -0.15) is 0 Å². The molecule has 0 saturated carbocycles. The molecule has 1 aliphatic heterocycles. The lowest BCUT2D eigenvalue weighted by molar-refractivity contribution is -0.150. The maximum Gasteiger partial charge on any atom is 0.311 e. The van der Waals surface area contributed by atoms with Gasteiger partial charge in [0.15, 0.2) is 5.76 Å². The molecule has 2 rings (SSSR count). The number of aliphatic carboxylic acids is 1. The molecule has 1 amide bonds. The quantitative estimate of drug-likeness (QED) is 0.909. The lowest BCUT2D eigenvalue weighted by Gasteiger charge is -2.37. The number of hydrogen-bond donors (Lipinski definition) is 1. The van der Waals surface area contributed by atoms with Crippen LogP contribution in [0.1, 0.15) is 36.1 Å². The molecule has 1 saturated heterocycles. The summed E-state index contributed by atoms with van der Waals surface area (Å²) in [5, 5.41) is 9.26. The molecule has 1 aromatic rings. The third kappa shape index (κ3) is 2.85. The van der Waals surface area contributed by atoms with Gasteiger partial charge in [-0.05, 0) is 31.9 Å².